The molecular weight excluding hydrogens is 542 g/mol. The van der Waals surface area contributed by atoms with Gasteiger partial charge in [0.1, 0.15) is 18.0 Å². The molecule has 1 saturated heterocycles. The van der Waals surface area contributed by atoms with Crippen LogP contribution in [0.5, 0.6) is 5.75 Å². The van der Waals surface area contributed by atoms with Crippen molar-refractivity contribution in [2.45, 2.75) is 50.3 Å². The van der Waals surface area contributed by atoms with Gasteiger partial charge in [-0.2, -0.15) is 0 Å². The van der Waals surface area contributed by atoms with Crippen molar-refractivity contribution < 1.29 is 33.6 Å². The fourth-order valence-corrected chi connectivity index (χ4v) is 5.79. The first kappa shape index (κ1) is 31.5. The number of nitrogens with zero attached hydrogens (tertiary/aromatic N) is 3. The number of ether oxygens (including phenoxy) is 4. The van der Waals surface area contributed by atoms with E-state index in [4.69, 9.17) is 18.9 Å². The summed E-state index contributed by atoms with van der Waals surface area (Å²) in [6.45, 7) is 2.02. The highest BCUT2D eigenvalue weighted by atomic mass is 16.5. The number of rotatable bonds is 14. The number of amides is 2. The van der Waals surface area contributed by atoms with Crippen LogP contribution in [0.15, 0.2) is 41.3 Å². The lowest BCUT2D eigenvalue weighted by molar-refractivity contribution is -0.159. The number of likely N-dealkylation sites (tertiary alicyclic amines) is 1. The summed E-state index contributed by atoms with van der Waals surface area (Å²) in [6.07, 6.45) is 4.22. The number of aromatic nitrogens is 1. The highest BCUT2D eigenvalue weighted by molar-refractivity contribution is 5.82. The lowest BCUT2D eigenvalue weighted by Crippen LogP contribution is -2.58. The molecule has 11 nitrogen and oxygen atoms in total. The minimum absolute atomic E-state index is 0.0249. The zero-order valence-corrected chi connectivity index (χ0v) is 25.0. The van der Waals surface area contributed by atoms with Crippen molar-refractivity contribution in [1.29, 1.82) is 0 Å². The van der Waals surface area contributed by atoms with Gasteiger partial charge in [-0.1, -0.05) is 6.07 Å². The first-order chi connectivity index (χ1) is 20.2. The van der Waals surface area contributed by atoms with E-state index in [1.807, 2.05) is 17.0 Å². The summed E-state index contributed by atoms with van der Waals surface area (Å²) in [7, 11) is 6.49. The van der Waals surface area contributed by atoms with Gasteiger partial charge < -0.3 is 38.4 Å². The predicted octanol–water partition coefficient (Wildman–Crippen LogP) is 3.02. The number of hydrogen-bond acceptors (Lipinski definition) is 7. The van der Waals surface area contributed by atoms with Gasteiger partial charge in [0.25, 0.3) is 5.56 Å². The molecule has 0 bridgehead atoms. The van der Waals surface area contributed by atoms with Crippen molar-refractivity contribution in [3.8, 4) is 5.75 Å². The van der Waals surface area contributed by atoms with E-state index in [1.54, 1.807) is 33.5 Å². The standard InChI is InChI=1S/C31H43N3O8/c1-32-11-9-24(19-28(32)35)31(41-4)10-12-33(30(37)38)21-27(31)29(36)34(25-7-8-25)20-23-16-22(6-5-13-39-2)17-26(18-23)42-15-14-40-3/h9,11,16-19,25,27H,5-8,10,12-15,20-21H2,1-4H3,(H,37,38)/t27-,31+/m1/s1. The number of carboxylic acid groups (broad SMARTS) is 1. The number of methoxy groups -OCH3 is 3. The molecular formula is C31H43N3O8. The van der Waals surface area contributed by atoms with Crippen molar-refractivity contribution in [2.75, 3.05) is 54.2 Å². The van der Waals surface area contributed by atoms with E-state index in [9.17, 15) is 19.5 Å². The number of benzene rings is 1. The van der Waals surface area contributed by atoms with Gasteiger partial charge in [-0.05, 0) is 67.0 Å². The molecule has 2 atom stereocenters. The molecule has 11 heteroatoms. The van der Waals surface area contributed by atoms with E-state index in [0.717, 1.165) is 36.8 Å². The Kier molecular flexibility index (Phi) is 10.6. The van der Waals surface area contributed by atoms with Crippen LogP contribution in [0.25, 0.3) is 0 Å². The van der Waals surface area contributed by atoms with E-state index >= 15 is 0 Å². The summed E-state index contributed by atoms with van der Waals surface area (Å²) >= 11 is 0. The SMILES string of the molecule is COCCCc1cc(CN(C(=O)[C@H]2CN(C(=O)O)CC[C@]2(OC)c2ccn(C)c(=O)c2)C2CC2)cc(OCCOC)c1. The fourth-order valence-electron chi connectivity index (χ4n) is 5.79. The molecule has 2 heterocycles. The second kappa shape index (κ2) is 14.2. The molecule has 1 aliphatic carbocycles. The van der Waals surface area contributed by atoms with Gasteiger partial charge in [0.05, 0.1) is 12.5 Å². The molecule has 2 aliphatic rings. The smallest absolute Gasteiger partial charge is 0.407 e. The van der Waals surface area contributed by atoms with Gasteiger partial charge in [0.15, 0.2) is 0 Å². The highest BCUT2D eigenvalue weighted by Crippen LogP contribution is 2.43. The molecule has 42 heavy (non-hydrogen) atoms. The van der Waals surface area contributed by atoms with Crippen LogP contribution in [-0.4, -0.2) is 91.8 Å². The first-order valence-electron chi connectivity index (χ1n) is 14.5. The number of hydrogen-bond donors (Lipinski definition) is 1. The lowest BCUT2D eigenvalue weighted by atomic mass is 9.75. The van der Waals surface area contributed by atoms with Crippen molar-refractivity contribution in [3.63, 3.8) is 0 Å². The van der Waals surface area contributed by atoms with Crippen LogP contribution in [-0.2, 0) is 44.6 Å². The number of carbonyl (C=O) groups excluding carboxylic acids is 1. The third-order valence-electron chi connectivity index (χ3n) is 8.26. The van der Waals surface area contributed by atoms with Crippen LogP contribution < -0.4 is 10.3 Å². The molecule has 2 aromatic rings. The summed E-state index contributed by atoms with van der Waals surface area (Å²) in [5.74, 6) is -0.304. The number of piperidine rings is 1. The quantitative estimate of drug-likeness (QED) is 0.336. The van der Waals surface area contributed by atoms with E-state index in [2.05, 4.69) is 6.07 Å². The minimum atomic E-state index is -1.14. The second-order valence-corrected chi connectivity index (χ2v) is 11.1. The van der Waals surface area contributed by atoms with Crippen LogP contribution in [0, 0.1) is 5.92 Å². The number of aryl methyl sites for hydroxylation is 2. The zero-order chi connectivity index (χ0) is 30.3. The summed E-state index contributed by atoms with van der Waals surface area (Å²) in [4.78, 5) is 42.3. The average Bonchev–Trinajstić information content (AvgIpc) is 3.82. The lowest BCUT2D eigenvalue weighted by Gasteiger charge is -2.47. The second-order valence-electron chi connectivity index (χ2n) is 11.1. The molecule has 1 aliphatic heterocycles. The van der Waals surface area contributed by atoms with Crippen molar-refractivity contribution in [2.24, 2.45) is 13.0 Å². The number of pyridine rings is 1. The maximum Gasteiger partial charge on any atom is 0.407 e. The van der Waals surface area contributed by atoms with E-state index in [0.29, 0.717) is 37.7 Å². The van der Waals surface area contributed by atoms with Crippen LogP contribution in [0.4, 0.5) is 4.79 Å². The Hall–Kier alpha value is -3.41. The van der Waals surface area contributed by atoms with Gasteiger partial charge >= 0.3 is 6.09 Å². The molecule has 2 fully saturated rings. The molecule has 0 radical (unpaired) electrons. The largest absolute Gasteiger partial charge is 0.491 e. The molecule has 4 rings (SSSR count). The van der Waals surface area contributed by atoms with E-state index < -0.39 is 17.6 Å². The summed E-state index contributed by atoms with van der Waals surface area (Å²) < 4.78 is 23.9. The van der Waals surface area contributed by atoms with E-state index in [1.165, 1.54) is 22.6 Å². The Balaban J connectivity index is 1.68. The summed E-state index contributed by atoms with van der Waals surface area (Å²) in [5, 5.41) is 9.84. The van der Waals surface area contributed by atoms with Crippen LogP contribution in [0.2, 0.25) is 0 Å². The Morgan fingerprint density at radius 3 is 2.43 bits per heavy atom. The molecule has 1 N–H and O–H groups in total. The minimum Gasteiger partial charge on any atom is -0.491 e. The molecule has 1 saturated carbocycles. The summed E-state index contributed by atoms with van der Waals surface area (Å²) in [5.41, 5.74) is 1.24. The van der Waals surface area contributed by atoms with Gasteiger partial charge in [-0.25, -0.2) is 4.79 Å². The van der Waals surface area contributed by atoms with Crippen molar-refractivity contribution in [3.05, 3.63) is 63.6 Å². The maximum atomic E-state index is 14.5. The van der Waals surface area contributed by atoms with Gasteiger partial charge in [-0.15, -0.1) is 0 Å². The Bertz CT molecular complexity index is 1260. The third kappa shape index (κ3) is 7.32. The molecule has 1 aromatic carbocycles. The maximum absolute atomic E-state index is 14.5. The average molecular weight is 586 g/mol. The molecule has 2 amide bonds. The van der Waals surface area contributed by atoms with Crippen molar-refractivity contribution >= 4 is 12.0 Å². The normalized spacial score (nSPS) is 20.4. The van der Waals surface area contributed by atoms with Crippen LogP contribution >= 0.6 is 0 Å². The zero-order valence-electron chi connectivity index (χ0n) is 25.0. The monoisotopic (exact) mass is 585 g/mol. The molecule has 0 spiro atoms. The van der Waals surface area contributed by atoms with Crippen LogP contribution in [0.3, 0.4) is 0 Å². The number of carbonyl (C=O) groups is 2. The van der Waals surface area contributed by atoms with Gasteiger partial charge in [0.2, 0.25) is 5.91 Å². The van der Waals surface area contributed by atoms with Gasteiger partial charge in [0, 0.05) is 72.9 Å². The van der Waals surface area contributed by atoms with E-state index in [-0.39, 0.29) is 37.0 Å². The first-order valence-corrected chi connectivity index (χ1v) is 14.5. The fraction of sp³-hybridized carbons (Fsp3) is 0.581. The van der Waals surface area contributed by atoms with Gasteiger partial charge in [-0.3, -0.25) is 9.59 Å². The van der Waals surface area contributed by atoms with Crippen LogP contribution in [0.1, 0.15) is 42.4 Å². The third-order valence-corrected chi connectivity index (χ3v) is 8.26. The predicted molar refractivity (Wildman–Crippen MR) is 156 cm³/mol. The Morgan fingerprint density at radius 1 is 1.05 bits per heavy atom. The highest BCUT2D eigenvalue weighted by Gasteiger charge is 2.52. The molecule has 230 valence electrons. The van der Waals surface area contributed by atoms with Crippen molar-refractivity contribution in [1.82, 2.24) is 14.4 Å². The molecule has 1 aromatic heterocycles. The summed E-state index contributed by atoms with van der Waals surface area (Å²) in [6, 6.07) is 9.38. The molecule has 0 unspecified atom stereocenters. The Morgan fingerprint density at radius 2 is 1.79 bits per heavy atom. The topological polar surface area (TPSA) is 120 Å². The Labute approximate surface area is 246 Å².